The summed E-state index contributed by atoms with van der Waals surface area (Å²) in [6.07, 6.45) is 0. The van der Waals surface area contributed by atoms with Gasteiger partial charge in [0.1, 0.15) is 23.0 Å². The van der Waals surface area contributed by atoms with Crippen molar-refractivity contribution in [3.8, 4) is 0 Å². The van der Waals surface area contributed by atoms with Gasteiger partial charge in [0, 0.05) is 4.47 Å². The highest BCUT2D eigenvalue weighted by Crippen LogP contribution is 2.25. The van der Waals surface area contributed by atoms with E-state index in [0.29, 0.717) is 4.47 Å². The van der Waals surface area contributed by atoms with Crippen LogP contribution in [0.25, 0.3) is 0 Å². The second kappa shape index (κ2) is 5.66. The van der Waals surface area contributed by atoms with Crippen molar-refractivity contribution in [1.82, 2.24) is 0 Å². The van der Waals surface area contributed by atoms with Crippen molar-refractivity contribution in [3.05, 3.63) is 63.4 Å². The highest BCUT2D eigenvalue weighted by molar-refractivity contribution is 9.10. The number of nitrogens with one attached hydrogen (secondary N) is 1. The van der Waals surface area contributed by atoms with E-state index >= 15 is 0 Å². The Balaban J connectivity index is 2.38. The van der Waals surface area contributed by atoms with Crippen LogP contribution in [0.4, 0.5) is 18.9 Å². The monoisotopic (exact) mass is 343 g/mol. The van der Waals surface area contributed by atoms with Gasteiger partial charge in [0.2, 0.25) is 0 Å². The Morgan fingerprint density at radius 2 is 1.85 bits per heavy atom. The lowest BCUT2D eigenvalue weighted by Crippen LogP contribution is -2.17. The lowest BCUT2D eigenvalue weighted by Gasteiger charge is -2.10. The molecule has 0 aliphatic rings. The first-order valence-electron chi connectivity index (χ1n) is 5.61. The first-order valence-corrected chi connectivity index (χ1v) is 6.40. The molecule has 0 fully saturated rings. The number of carbonyl (C=O) groups excluding carboxylic acids is 1. The predicted molar refractivity (Wildman–Crippen MR) is 73.1 cm³/mol. The summed E-state index contributed by atoms with van der Waals surface area (Å²) in [5.74, 6) is -3.46. The van der Waals surface area contributed by atoms with Crippen LogP contribution in [0.5, 0.6) is 0 Å². The van der Waals surface area contributed by atoms with Crippen molar-refractivity contribution >= 4 is 27.5 Å². The summed E-state index contributed by atoms with van der Waals surface area (Å²) < 4.78 is 40.9. The Hall–Kier alpha value is -1.82. The molecule has 0 aromatic heterocycles. The molecule has 0 spiro atoms. The van der Waals surface area contributed by atoms with E-state index in [1.807, 2.05) is 0 Å². The SMILES string of the molecule is Cc1ccc(F)c(C(=O)Nc2cc(F)ccc2Br)c1F. The zero-order chi connectivity index (χ0) is 14.9. The minimum Gasteiger partial charge on any atom is -0.321 e. The van der Waals surface area contributed by atoms with Crippen LogP contribution in [0.3, 0.4) is 0 Å². The number of benzene rings is 2. The first-order chi connectivity index (χ1) is 9.40. The maximum atomic E-state index is 13.8. The molecule has 0 saturated heterocycles. The van der Waals surface area contributed by atoms with Crippen molar-refractivity contribution in [3.63, 3.8) is 0 Å². The number of rotatable bonds is 2. The van der Waals surface area contributed by atoms with Crippen LogP contribution < -0.4 is 5.32 Å². The Morgan fingerprint density at radius 1 is 1.15 bits per heavy atom. The fourth-order valence-electron chi connectivity index (χ4n) is 1.64. The largest absolute Gasteiger partial charge is 0.321 e. The first kappa shape index (κ1) is 14.6. The Kier molecular flexibility index (Phi) is 4.13. The van der Waals surface area contributed by atoms with Gasteiger partial charge in [-0.15, -0.1) is 0 Å². The Labute approximate surface area is 121 Å². The molecule has 1 N–H and O–H groups in total. The third-order valence-corrected chi connectivity index (χ3v) is 3.38. The van der Waals surface area contributed by atoms with E-state index in [0.717, 1.165) is 12.1 Å². The molecule has 2 aromatic carbocycles. The lowest BCUT2D eigenvalue weighted by atomic mass is 10.1. The summed E-state index contributed by atoms with van der Waals surface area (Å²) in [5, 5.41) is 2.27. The van der Waals surface area contributed by atoms with Crippen molar-refractivity contribution in [1.29, 1.82) is 0 Å². The summed E-state index contributed by atoms with van der Waals surface area (Å²) >= 11 is 3.11. The predicted octanol–water partition coefficient (Wildman–Crippen LogP) is 4.43. The average Bonchev–Trinajstić information content (AvgIpc) is 2.39. The molecule has 1 amide bonds. The molecule has 0 aliphatic carbocycles. The van der Waals surface area contributed by atoms with Gasteiger partial charge < -0.3 is 5.32 Å². The van der Waals surface area contributed by atoms with E-state index in [2.05, 4.69) is 21.2 Å². The summed E-state index contributed by atoms with van der Waals surface area (Å²) in [4.78, 5) is 11.9. The fourth-order valence-corrected chi connectivity index (χ4v) is 1.99. The van der Waals surface area contributed by atoms with Gasteiger partial charge in [-0.3, -0.25) is 4.79 Å². The van der Waals surface area contributed by atoms with E-state index < -0.39 is 28.9 Å². The topological polar surface area (TPSA) is 29.1 Å². The van der Waals surface area contributed by atoms with E-state index in [-0.39, 0.29) is 11.3 Å². The molecule has 2 rings (SSSR count). The highest BCUT2D eigenvalue weighted by Gasteiger charge is 2.20. The standard InChI is InChI=1S/C14H9BrF3NO/c1-7-2-5-10(17)12(13(7)18)14(20)19-11-6-8(16)3-4-9(11)15/h2-6H,1H3,(H,19,20). The van der Waals surface area contributed by atoms with Gasteiger partial charge in [-0.2, -0.15) is 0 Å². The fraction of sp³-hybridized carbons (Fsp3) is 0.0714. The zero-order valence-electron chi connectivity index (χ0n) is 10.3. The Bertz CT molecular complexity index is 688. The number of carbonyl (C=O) groups is 1. The molecule has 104 valence electrons. The van der Waals surface area contributed by atoms with Crippen LogP contribution in [-0.4, -0.2) is 5.91 Å². The van der Waals surface area contributed by atoms with Gasteiger partial charge in [-0.25, -0.2) is 13.2 Å². The summed E-state index contributed by atoms with van der Waals surface area (Å²) in [6, 6.07) is 5.86. The van der Waals surface area contributed by atoms with Gasteiger partial charge in [0.25, 0.3) is 5.91 Å². The zero-order valence-corrected chi connectivity index (χ0v) is 11.9. The molecule has 0 saturated carbocycles. The van der Waals surface area contributed by atoms with Crippen molar-refractivity contribution in [2.45, 2.75) is 6.92 Å². The number of hydrogen-bond donors (Lipinski definition) is 1. The number of amides is 1. The summed E-state index contributed by atoms with van der Waals surface area (Å²) in [7, 11) is 0. The molecule has 0 radical (unpaired) electrons. The van der Waals surface area contributed by atoms with Crippen molar-refractivity contribution in [2.75, 3.05) is 5.32 Å². The second-order valence-corrected chi connectivity index (χ2v) is 4.99. The maximum absolute atomic E-state index is 13.8. The van der Waals surface area contributed by atoms with E-state index in [1.165, 1.54) is 25.1 Å². The molecular formula is C14H9BrF3NO. The third kappa shape index (κ3) is 2.85. The number of aryl methyl sites for hydroxylation is 1. The molecule has 0 bridgehead atoms. The number of halogens is 4. The second-order valence-electron chi connectivity index (χ2n) is 4.13. The van der Waals surface area contributed by atoms with Crippen LogP contribution in [0.15, 0.2) is 34.8 Å². The molecular weight excluding hydrogens is 335 g/mol. The molecule has 0 unspecified atom stereocenters. The summed E-state index contributed by atoms with van der Waals surface area (Å²) in [6.45, 7) is 1.42. The maximum Gasteiger partial charge on any atom is 0.261 e. The normalized spacial score (nSPS) is 10.4. The van der Waals surface area contributed by atoms with E-state index in [1.54, 1.807) is 0 Å². The van der Waals surface area contributed by atoms with Gasteiger partial charge >= 0.3 is 0 Å². The Morgan fingerprint density at radius 3 is 2.55 bits per heavy atom. The van der Waals surface area contributed by atoms with Gasteiger partial charge in [-0.1, -0.05) is 6.07 Å². The molecule has 2 nitrogen and oxygen atoms in total. The van der Waals surface area contributed by atoms with Crippen LogP contribution in [0, 0.1) is 24.4 Å². The van der Waals surface area contributed by atoms with Crippen molar-refractivity contribution < 1.29 is 18.0 Å². The van der Waals surface area contributed by atoms with Gasteiger partial charge in [0.15, 0.2) is 0 Å². The van der Waals surface area contributed by atoms with Crippen molar-refractivity contribution in [2.24, 2.45) is 0 Å². The smallest absolute Gasteiger partial charge is 0.261 e. The third-order valence-electron chi connectivity index (χ3n) is 2.69. The average molecular weight is 344 g/mol. The molecule has 2 aromatic rings. The number of anilines is 1. The molecule has 0 atom stereocenters. The van der Waals surface area contributed by atoms with Crippen LogP contribution in [-0.2, 0) is 0 Å². The van der Waals surface area contributed by atoms with Gasteiger partial charge in [-0.05, 0) is 52.7 Å². The lowest BCUT2D eigenvalue weighted by molar-refractivity contribution is 0.101. The molecule has 6 heteroatoms. The van der Waals surface area contributed by atoms with Crippen LogP contribution >= 0.6 is 15.9 Å². The minimum atomic E-state index is -0.977. The van der Waals surface area contributed by atoms with Crippen LogP contribution in [0.2, 0.25) is 0 Å². The van der Waals surface area contributed by atoms with Crippen LogP contribution in [0.1, 0.15) is 15.9 Å². The summed E-state index contributed by atoms with van der Waals surface area (Å²) in [5.41, 5.74) is -0.452. The van der Waals surface area contributed by atoms with E-state index in [9.17, 15) is 18.0 Å². The molecule has 0 heterocycles. The number of hydrogen-bond acceptors (Lipinski definition) is 1. The highest BCUT2D eigenvalue weighted by atomic mass is 79.9. The quantitative estimate of drug-likeness (QED) is 0.858. The minimum absolute atomic E-state index is 0.0929. The van der Waals surface area contributed by atoms with E-state index in [4.69, 9.17) is 0 Å². The van der Waals surface area contributed by atoms with Gasteiger partial charge in [0.05, 0.1) is 5.69 Å². The molecule has 0 aliphatic heterocycles. The molecule has 20 heavy (non-hydrogen) atoms.